The van der Waals surface area contributed by atoms with Crippen LogP contribution in [0.25, 0.3) is 0 Å². The van der Waals surface area contributed by atoms with Crippen LogP contribution in [0, 0.1) is 0 Å². The van der Waals surface area contributed by atoms with Crippen molar-refractivity contribution in [3.05, 3.63) is 60.2 Å². The van der Waals surface area contributed by atoms with Crippen molar-refractivity contribution < 1.29 is 12.6 Å². The van der Waals surface area contributed by atoms with E-state index in [0.29, 0.717) is 0 Å². The second-order valence-corrected chi connectivity index (χ2v) is 6.14. The van der Waals surface area contributed by atoms with Crippen LogP contribution >= 0.6 is 12.2 Å². The zero-order valence-corrected chi connectivity index (χ0v) is 13.0. The van der Waals surface area contributed by atoms with Gasteiger partial charge in [-0.05, 0) is 54.2 Å². The van der Waals surface area contributed by atoms with Gasteiger partial charge in [-0.25, -0.2) is 0 Å². The molecule has 2 rings (SSSR count). The molecule has 0 fully saturated rings. The van der Waals surface area contributed by atoms with Gasteiger partial charge in [0, 0.05) is 0 Å². The molecule has 0 aliphatic rings. The minimum atomic E-state index is -3.83. The van der Waals surface area contributed by atoms with E-state index in [9.17, 15) is 8.42 Å². The normalized spacial score (nSPS) is 11.3. The third kappa shape index (κ3) is 4.54. The summed E-state index contributed by atoms with van der Waals surface area (Å²) in [6.45, 7) is 0. The van der Waals surface area contributed by atoms with Gasteiger partial charge >= 0.3 is 10.1 Å². The van der Waals surface area contributed by atoms with E-state index in [1.54, 1.807) is 30.3 Å². The minimum absolute atomic E-state index is 0.0603. The predicted molar refractivity (Wildman–Crippen MR) is 88.2 cm³/mol. The first-order valence-corrected chi connectivity index (χ1v) is 7.97. The Labute approximate surface area is 133 Å². The molecular formula is C14H13N3O3S2. The average molecular weight is 335 g/mol. The Morgan fingerprint density at radius 3 is 2.36 bits per heavy atom. The maximum atomic E-state index is 12.0. The van der Waals surface area contributed by atoms with Crippen molar-refractivity contribution in [1.82, 2.24) is 5.43 Å². The SMILES string of the molecule is NC(=S)N/N=C/c1ccc(OS(=O)(=O)c2ccccc2)cc1. The molecule has 2 aromatic carbocycles. The highest BCUT2D eigenvalue weighted by molar-refractivity contribution is 7.87. The summed E-state index contributed by atoms with van der Waals surface area (Å²) >= 11 is 4.60. The van der Waals surface area contributed by atoms with Crippen LogP contribution in [0.2, 0.25) is 0 Å². The Morgan fingerprint density at radius 2 is 1.77 bits per heavy atom. The van der Waals surface area contributed by atoms with Gasteiger partial charge < -0.3 is 9.92 Å². The van der Waals surface area contributed by atoms with E-state index in [4.69, 9.17) is 9.92 Å². The Morgan fingerprint density at radius 1 is 1.14 bits per heavy atom. The molecule has 22 heavy (non-hydrogen) atoms. The molecular weight excluding hydrogens is 322 g/mol. The number of nitrogens with one attached hydrogen (secondary N) is 1. The Bertz CT molecular complexity index is 773. The van der Waals surface area contributed by atoms with Crippen LogP contribution in [0.5, 0.6) is 5.75 Å². The van der Waals surface area contributed by atoms with Crippen LogP contribution in [0.1, 0.15) is 5.56 Å². The lowest BCUT2D eigenvalue weighted by molar-refractivity contribution is 0.486. The maximum Gasteiger partial charge on any atom is 0.339 e. The van der Waals surface area contributed by atoms with E-state index in [1.807, 2.05) is 0 Å². The summed E-state index contributed by atoms with van der Waals surface area (Å²) in [6, 6.07) is 14.3. The molecule has 0 aromatic heterocycles. The van der Waals surface area contributed by atoms with E-state index < -0.39 is 10.1 Å². The number of hydrogen-bond acceptors (Lipinski definition) is 5. The van der Waals surface area contributed by atoms with Crippen molar-refractivity contribution in [3.63, 3.8) is 0 Å². The summed E-state index contributed by atoms with van der Waals surface area (Å²) in [6.07, 6.45) is 1.49. The first-order valence-electron chi connectivity index (χ1n) is 6.15. The van der Waals surface area contributed by atoms with E-state index in [1.165, 1.54) is 30.5 Å². The minimum Gasteiger partial charge on any atom is -0.379 e. The lowest BCUT2D eigenvalue weighted by Crippen LogP contribution is -2.23. The van der Waals surface area contributed by atoms with Crippen LogP contribution in [-0.2, 0) is 10.1 Å². The molecule has 114 valence electrons. The lowest BCUT2D eigenvalue weighted by Gasteiger charge is -2.06. The monoisotopic (exact) mass is 335 g/mol. The van der Waals surface area contributed by atoms with Crippen molar-refractivity contribution in [2.24, 2.45) is 10.8 Å². The summed E-state index contributed by atoms with van der Waals surface area (Å²) in [7, 11) is -3.83. The molecule has 0 heterocycles. The van der Waals surface area contributed by atoms with Gasteiger partial charge in [0.05, 0.1) is 6.21 Å². The van der Waals surface area contributed by atoms with Crippen LogP contribution in [0.3, 0.4) is 0 Å². The molecule has 0 unspecified atom stereocenters. The van der Waals surface area contributed by atoms with Crippen molar-refractivity contribution in [2.45, 2.75) is 4.90 Å². The first-order chi connectivity index (χ1) is 10.5. The lowest BCUT2D eigenvalue weighted by atomic mass is 10.2. The molecule has 0 radical (unpaired) electrons. The molecule has 0 saturated carbocycles. The predicted octanol–water partition coefficient (Wildman–Crippen LogP) is 1.62. The number of hydrazone groups is 1. The summed E-state index contributed by atoms with van der Waals surface area (Å²) in [5.41, 5.74) is 8.37. The van der Waals surface area contributed by atoms with E-state index >= 15 is 0 Å². The fourth-order valence-electron chi connectivity index (χ4n) is 1.54. The number of thiocarbonyl (C=S) groups is 1. The number of hydrogen-bond donors (Lipinski definition) is 2. The van der Waals surface area contributed by atoms with Crippen LogP contribution in [0.4, 0.5) is 0 Å². The van der Waals surface area contributed by atoms with E-state index in [0.717, 1.165) is 5.56 Å². The van der Waals surface area contributed by atoms with Gasteiger partial charge in [0.25, 0.3) is 0 Å². The first kappa shape index (κ1) is 15.9. The molecule has 6 nitrogen and oxygen atoms in total. The Hall–Kier alpha value is -2.45. The topological polar surface area (TPSA) is 93.8 Å². The molecule has 0 atom stereocenters. The van der Waals surface area contributed by atoms with Crippen molar-refractivity contribution >= 4 is 33.7 Å². The number of benzene rings is 2. The van der Waals surface area contributed by atoms with Gasteiger partial charge in [0.2, 0.25) is 0 Å². The smallest absolute Gasteiger partial charge is 0.339 e. The number of rotatable bonds is 5. The molecule has 0 spiro atoms. The quantitative estimate of drug-likeness (QED) is 0.373. The van der Waals surface area contributed by atoms with Gasteiger partial charge in [0.1, 0.15) is 10.6 Å². The molecule has 0 aliphatic heterocycles. The van der Waals surface area contributed by atoms with Gasteiger partial charge in [-0.15, -0.1) is 0 Å². The summed E-state index contributed by atoms with van der Waals surface area (Å²) in [4.78, 5) is 0.0984. The summed E-state index contributed by atoms with van der Waals surface area (Å²) in [5.74, 6) is 0.211. The molecule has 0 amide bonds. The highest BCUT2D eigenvalue weighted by Crippen LogP contribution is 2.18. The highest BCUT2D eigenvalue weighted by Gasteiger charge is 2.15. The van der Waals surface area contributed by atoms with Crippen LogP contribution in [-0.4, -0.2) is 19.7 Å². The van der Waals surface area contributed by atoms with Crippen LogP contribution in [0.15, 0.2) is 64.6 Å². The molecule has 0 saturated heterocycles. The zero-order chi connectivity index (χ0) is 16.0. The van der Waals surface area contributed by atoms with Crippen molar-refractivity contribution in [1.29, 1.82) is 0 Å². The molecule has 8 heteroatoms. The van der Waals surface area contributed by atoms with E-state index in [2.05, 4.69) is 22.7 Å². The van der Waals surface area contributed by atoms with E-state index in [-0.39, 0.29) is 15.8 Å². The second-order valence-electron chi connectivity index (χ2n) is 4.15. The van der Waals surface area contributed by atoms with Crippen molar-refractivity contribution in [2.75, 3.05) is 0 Å². The van der Waals surface area contributed by atoms with Gasteiger partial charge in [-0.1, -0.05) is 18.2 Å². The fraction of sp³-hybridized carbons (Fsp3) is 0. The third-order valence-corrected chi connectivity index (χ3v) is 3.86. The standard InChI is InChI=1S/C14H13N3O3S2/c15-14(21)17-16-10-11-6-8-12(9-7-11)20-22(18,19)13-4-2-1-3-5-13/h1-10H,(H3,15,17,21)/b16-10+. The highest BCUT2D eigenvalue weighted by atomic mass is 32.2. The molecule has 2 aromatic rings. The largest absolute Gasteiger partial charge is 0.379 e. The average Bonchev–Trinajstić information content (AvgIpc) is 2.49. The third-order valence-electron chi connectivity index (χ3n) is 2.51. The summed E-state index contributed by atoms with van der Waals surface area (Å²) in [5, 5.41) is 3.85. The Kier molecular flexibility index (Phi) is 5.08. The Balaban J connectivity index is 2.08. The fourth-order valence-corrected chi connectivity index (χ4v) is 2.55. The maximum absolute atomic E-state index is 12.0. The van der Waals surface area contributed by atoms with Gasteiger partial charge in [-0.2, -0.15) is 13.5 Å². The van der Waals surface area contributed by atoms with Gasteiger partial charge in [0.15, 0.2) is 5.11 Å². The summed E-state index contributed by atoms with van der Waals surface area (Å²) < 4.78 is 29.2. The second kappa shape index (κ2) is 7.01. The van der Waals surface area contributed by atoms with Gasteiger partial charge in [-0.3, -0.25) is 5.43 Å². The molecule has 0 aliphatic carbocycles. The number of nitrogens with two attached hydrogens (primary N) is 1. The van der Waals surface area contributed by atoms with Crippen LogP contribution < -0.4 is 15.3 Å². The zero-order valence-electron chi connectivity index (χ0n) is 11.3. The number of nitrogens with zero attached hydrogens (tertiary/aromatic N) is 1. The van der Waals surface area contributed by atoms with Crippen molar-refractivity contribution in [3.8, 4) is 5.75 Å². The molecule has 3 N–H and O–H groups in total. The molecule has 0 bridgehead atoms.